The lowest BCUT2D eigenvalue weighted by Crippen LogP contribution is -2.61. The second-order valence-corrected chi connectivity index (χ2v) is 11.0. The van der Waals surface area contributed by atoms with Crippen molar-refractivity contribution in [3.63, 3.8) is 0 Å². The fourth-order valence-electron chi connectivity index (χ4n) is 4.34. The average molecular weight is 559 g/mol. The van der Waals surface area contributed by atoms with Gasteiger partial charge in [0.05, 0.1) is 11.4 Å². The Morgan fingerprint density at radius 3 is 2.27 bits per heavy atom. The second-order valence-electron chi connectivity index (χ2n) is 8.70. The van der Waals surface area contributed by atoms with Crippen LogP contribution in [0.4, 0.5) is 8.78 Å². The molecule has 0 saturated carbocycles. The molecule has 0 radical (unpaired) electrons. The number of rotatable bonds is 7. The molecule has 0 aliphatic carbocycles. The first-order valence-electron chi connectivity index (χ1n) is 11.5. The molecule has 2 aromatic carbocycles. The van der Waals surface area contributed by atoms with Crippen molar-refractivity contribution in [1.29, 1.82) is 0 Å². The third-order valence-corrected chi connectivity index (χ3v) is 8.40. The SMILES string of the molecule is O=C(NO)[C@@H]1CN(CC(=O)N2CCCC2)CCN1S(=O)(=O)c1cc(F)c(Oc2ccc(Cl)cc2)c(F)c1. The zero-order chi connectivity index (χ0) is 26.7. The summed E-state index contributed by atoms with van der Waals surface area (Å²) >= 11 is 5.79. The van der Waals surface area contributed by atoms with Gasteiger partial charge < -0.3 is 9.64 Å². The Labute approximate surface area is 217 Å². The number of likely N-dealkylation sites (tertiary alicyclic amines) is 1. The van der Waals surface area contributed by atoms with E-state index in [9.17, 15) is 32.0 Å². The molecule has 2 aliphatic rings. The summed E-state index contributed by atoms with van der Waals surface area (Å²) in [6.45, 7) is 0.902. The van der Waals surface area contributed by atoms with E-state index in [-0.39, 0.29) is 37.8 Å². The largest absolute Gasteiger partial charge is 0.451 e. The van der Waals surface area contributed by atoms with Crippen molar-refractivity contribution < 1.29 is 36.7 Å². The van der Waals surface area contributed by atoms with E-state index < -0.39 is 44.3 Å². The van der Waals surface area contributed by atoms with Crippen LogP contribution in [0.5, 0.6) is 11.5 Å². The number of hydrogen-bond acceptors (Lipinski definition) is 7. The summed E-state index contributed by atoms with van der Waals surface area (Å²) < 4.78 is 62.3. The smallest absolute Gasteiger partial charge is 0.263 e. The van der Waals surface area contributed by atoms with Gasteiger partial charge in [-0.15, -0.1) is 0 Å². The quantitative estimate of drug-likeness (QED) is 0.395. The predicted octanol–water partition coefficient (Wildman–Crippen LogP) is 2.21. The molecule has 2 fully saturated rings. The summed E-state index contributed by atoms with van der Waals surface area (Å²) in [5.74, 6) is -4.45. The molecule has 2 amide bonds. The van der Waals surface area contributed by atoms with E-state index >= 15 is 0 Å². The van der Waals surface area contributed by atoms with Gasteiger partial charge >= 0.3 is 0 Å². The summed E-state index contributed by atoms with van der Waals surface area (Å²) in [5, 5.41) is 9.59. The van der Waals surface area contributed by atoms with Gasteiger partial charge in [0.1, 0.15) is 11.8 Å². The topological polar surface area (TPSA) is 119 Å². The number of piperazine rings is 1. The van der Waals surface area contributed by atoms with Crippen molar-refractivity contribution in [3.05, 3.63) is 53.1 Å². The molecule has 14 heteroatoms. The van der Waals surface area contributed by atoms with Crippen molar-refractivity contribution >= 4 is 33.4 Å². The standard InChI is InChI=1S/C23H25ClF2N4O6S/c24-15-3-5-16(6-4-15)36-22-18(25)11-17(12-19(22)26)37(34,35)30-10-9-28(13-20(30)23(32)27-33)14-21(31)29-7-1-2-8-29/h3-6,11-12,20,33H,1-2,7-10,13-14H2,(H,27,32)/t20-/m0/s1. The van der Waals surface area contributed by atoms with E-state index in [1.165, 1.54) is 29.7 Å². The minimum absolute atomic E-state index is 0.0247. The zero-order valence-corrected chi connectivity index (χ0v) is 21.1. The molecule has 4 rings (SSSR count). The van der Waals surface area contributed by atoms with Crippen LogP contribution < -0.4 is 10.2 Å². The van der Waals surface area contributed by atoms with Crippen molar-refractivity contribution in [2.45, 2.75) is 23.8 Å². The van der Waals surface area contributed by atoms with Crippen LogP contribution in [0.25, 0.3) is 0 Å². The highest BCUT2D eigenvalue weighted by Gasteiger charge is 2.41. The number of carbonyl (C=O) groups is 2. The van der Waals surface area contributed by atoms with Gasteiger partial charge in [-0.3, -0.25) is 19.7 Å². The molecule has 2 heterocycles. The lowest BCUT2D eigenvalue weighted by atomic mass is 10.2. The summed E-state index contributed by atoms with van der Waals surface area (Å²) in [5.41, 5.74) is 1.44. The first kappa shape index (κ1) is 27.2. The van der Waals surface area contributed by atoms with Gasteiger partial charge in [-0.1, -0.05) is 11.6 Å². The van der Waals surface area contributed by atoms with Gasteiger partial charge in [-0.25, -0.2) is 22.7 Å². The maximum atomic E-state index is 14.8. The third-order valence-electron chi connectivity index (χ3n) is 6.26. The number of nitrogens with one attached hydrogen (secondary N) is 1. The Balaban J connectivity index is 1.55. The highest BCUT2D eigenvalue weighted by Crippen LogP contribution is 2.32. The maximum absolute atomic E-state index is 14.8. The van der Waals surface area contributed by atoms with Gasteiger partial charge in [0.2, 0.25) is 15.9 Å². The Morgan fingerprint density at radius 2 is 1.68 bits per heavy atom. The fraction of sp³-hybridized carbons (Fsp3) is 0.391. The minimum Gasteiger partial charge on any atom is -0.451 e. The van der Waals surface area contributed by atoms with Crippen molar-refractivity contribution in [3.8, 4) is 11.5 Å². The van der Waals surface area contributed by atoms with E-state index in [1.54, 1.807) is 9.80 Å². The lowest BCUT2D eigenvalue weighted by Gasteiger charge is -2.39. The van der Waals surface area contributed by atoms with E-state index in [1.807, 2.05) is 0 Å². The molecule has 200 valence electrons. The first-order valence-corrected chi connectivity index (χ1v) is 13.3. The normalized spacial score (nSPS) is 19.1. The fourth-order valence-corrected chi connectivity index (χ4v) is 6.06. The molecule has 2 N–H and O–H groups in total. The molecule has 10 nitrogen and oxygen atoms in total. The van der Waals surface area contributed by atoms with Crippen LogP contribution in [-0.2, 0) is 19.6 Å². The molecule has 0 aromatic heterocycles. The van der Waals surface area contributed by atoms with E-state index in [2.05, 4.69) is 0 Å². The van der Waals surface area contributed by atoms with Crippen LogP contribution in [0.3, 0.4) is 0 Å². The Morgan fingerprint density at radius 1 is 1.05 bits per heavy atom. The molecule has 2 aliphatic heterocycles. The molecule has 0 bridgehead atoms. The van der Waals surface area contributed by atoms with E-state index in [0.29, 0.717) is 30.2 Å². The summed E-state index contributed by atoms with van der Waals surface area (Å²) in [6.07, 6.45) is 1.81. The molecular weight excluding hydrogens is 534 g/mol. The highest BCUT2D eigenvalue weighted by molar-refractivity contribution is 7.89. The summed E-state index contributed by atoms with van der Waals surface area (Å²) in [6, 6.07) is 5.44. The number of hydroxylamine groups is 1. The minimum atomic E-state index is -4.59. The Hall–Kier alpha value is -2.84. The number of amides is 2. The zero-order valence-electron chi connectivity index (χ0n) is 19.6. The van der Waals surface area contributed by atoms with Crippen LogP contribution in [0.2, 0.25) is 5.02 Å². The van der Waals surface area contributed by atoms with Crippen LogP contribution in [0.15, 0.2) is 41.3 Å². The highest BCUT2D eigenvalue weighted by atomic mass is 35.5. The lowest BCUT2D eigenvalue weighted by molar-refractivity contribution is -0.137. The molecule has 37 heavy (non-hydrogen) atoms. The number of sulfonamides is 1. The van der Waals surface area contributed by atoms with E-state index in [0.717, 1.165) is 17.1 Å². The van der Waals surface area contributed by atoms with Gasteiger partial charge in [0, 0.05) is 37.7 Å². The summed E-state index contributed by atoms with van der Waals surface area (Å²) in [4.78, 5) is 27.5. The number of benzene rings is 2. The van der Waals surface area contributed by atoms with E-state index in [4.69, 9.17) is 16.3 Å². The molecular formula is C23H25ClF2N4O6S. The Bertz CT molecular complexity index is 1250. The van der Waals surface area contributed by atoms with Crippen molar-refractivity contribution in [2.24, 2.45) is 0 Å². The predicted molar refractivity (Wildman–Crippen MR) is 128 cm³/mol. The summed E-state index contributed by atoms with van der Waals surface area (Å²) in [7, 11) is -4.59. The van der Waals surface area contributed by atoms with Crippen molar-refractivity contribution in [2.75, 3.05) is 39.3 Å². The maximum Gasteiger partial charge on any atom is 0.263 e. The molecule has 1 atom stereocenters. The third kappa shape index (κ3) is 6.02. The molecule has 2 aromatic rings. The number of nitrogens with zero attached hydrogens (tertiary/aromatic N) is 3. The Kier molecular flexibility index (Phi) is 8.29. The van der Waals surface area contributed by atoms with Crippen LogP contribution >= 0.6 is 11.6 Å². The van der Waals surface area contributed by atoms with Gasteiger partial charge in [0.15, 0.2) is 17.4 Å². The van der Waals surface area contributed by atoms with Crippen LogP contribution in [0.1, 0.15) is 12.8 Å². The second kappa shape index (κ2) is 11.3. The van der Waals surface area contributed by atoms with Gasteiger partial charge in [-0.05, 0) is 49.2 Å². The number of halogens is 3. The average Bonchev–Trinajstić information content (AvgIpc) is 3.42. The monoisotopic (exact) mass is 558 g/mol. The van der Waals surface area contributed by atoms with Crippen LogP contribution in [-0.4, -0.2) is 84.9 Å². The molecule has 0 unspecified atom stereocenters. The number of hydrogen-bond donors (Lipinski definition) is 2. The molecule has 0 spiro atoms. The molecule has 2 saturated heterocycles. The van der Waals surface area contributed by atoms with Crippen molar-refractivity contribution in [1.82, 2.24) is 19.6 Å². The van der Waals surface area contributed by atoms with Gasteiger partial charge in [-0.2, -0.15) is 4.31 Å². The number of carbonyl (C=O) groups excluding carboxylic acids is 2. The first-order chi connectivity index (χ1) is 17.6. The van der Waals surface area contributed by atoms with Crippen LogP contribution in [0, 0.1) is 11.6 Å². The van der Waals surface area contributed by atoms with Gasteiger partial charge in [0.25, 0.3) is 5.91 Å². The number of ether oxygens (including phenoxy) is 1.